The predicted molar refractivity (Wildman–Crippen MR) is 169 cm³/mol. The number of hydrogen-bond donors (Lipinski definition) is 1. The van der Waals surface area contributed by atoms with Crippen molar-refractivity contribution in [3.63, 3.8) is 0 Å². The average Bonchev–Trinajstić information content (AvgIpc) is 3.70. The number of nitrogens with one attached hydrogen (secondary N) is 1. The quantitative estimate of drug-likeness (QED) is 0.242. The summed E-state index contributed by atoms with van der Waals surface area (Å²) in [5.74, 6) is -0.0980. The van der Waals surface area contributed by atoms with Crippen molar-refractivity contribution in [3.8, 4) is 17.3 Å². The highest BCUT2D eigenvalue weighted by molar-refractivity contribution is 6.33. The Hall–Kier alpha value is -3.44. The molecular weight excluding hydrogens is 603 g/mol. The second kappa shape index (κ2) is 10.8. The van der Waals surface area contributed by atoms with Crippen molar-refractivity contribution in [1.82, 2.24) is 30.0 Å². The van der Waals surface area contributed by atoms with E-state index >= 15 is 4.39 Å². The summed E-state index contributed by atoms with van der Waals surface area (Å²) in [6.45, 7) is 4.65. The van der Waals surface area contributed by atoms with E-state index in [1.54, 1.807) is 18.5 Å². The Morgan fingerprint density at radius 2 is 1.93 bits per heavy atom. The Bertz CT molecular complexity index is 1820. The minimum absolute atomic E-state index is 0.0434. The van der Waals surface area contributed by atoms with Gasteiger partial charge in [0.1, 0.15) is 36.0 Å². The van der Waals surface area contributed by atoms with Gasteiger partial charge >= 0.3 is 6.01 Å². The number of alkyl halides is 2. The lowest BCUT2D eigenvalue weighted by Crippen LogP contribution is -2.51. The molecule has 8 nitrogen and oxygen atoms in total. The number of piperidine rings is 1. The second-order valence-corrected chi connectivity index (χ2v) is 13.8. The van der Waals surface area contributed by atoms with Crippen LogP contribution in [0.2, 0.25) is 5.02 Å². The molecule has 0 radical (unpaired) electrons. The van der Waals surface area contributed by atoms with Gasteiger partial charge in [0.2, 0.25) is 0 Å². The number of H-pyrrole nitrogens is 1. The standard InChI is InChI=1S/C33H35ClF3N7O/c1-2-5-21-24(34)10-25-22(15-39-42-25)26(21)29-27(37)28-23(14-38-29)30(43-8-3-6-32(17-43)11-19(35)12-32)41-31(40-28)45-18-33-7-4-9-44(33)16-20(36)13-33/h2,5,10,14-15,19-20H,3-4,6-9,11-13,16-18H2,1H3,(H,39,42)/b5-2-/t19?,20-,32?,33+/m1/s1. The van der Waals surface area contributed by atoms with Gasteiger partial charge in [0.15, 0.2) is 5.82 Å². The summed E-state index contributed by atoms with van der Waals surface area (Å²) in [6.07, 6.45) is 10.3. The molecule has 1 saturated carbocycles. The lowest BCUT2D eigenvalue weighted by Gasteiger charge is -2.50. The summed E-state index contributed by atoms with van der Waals surface area (Å²) < 4.78 is 51.8. The molecule has 6 heterocycles. The third kappa shape index (κ3) is 4.76. The van der Waals surface area contributed by atoms with E-state index in [0.717, 1.165) is 32.2 Å². The lowest BCUT2D eigenvalue weighted by molar-refractivity contribution is 0.0132. The molecule has 8 rings (SSSR count). The number of fused-ring (bicyclic) bond motifs is 3. The van der Waals surface area contributed by atoms with Crippen molar-refractivity contribution in [2.45, 2.75) is 69.8 Å². The van der Waals surface area contributed by atoms with Gasteiger partial charge in [0, 0.05) is 48.8 Å². The fourth-order valence-corrected chi connectivity index (χ4v) is 8.68. The van der Waals surface area contributed by atoms with E-state index < -0.39 is 23.7 Å². The predicted octanol–water partition coefficient (Wildman–Crippen LogP) is 7.07. The zero-order chi connectivity index (χ0) is 30.9. The molecule has 2 atom stereocenters. The highest BCUT2D eigenvalue weighted by Crippen LogP contribution is 2.50. The van der Waals surface area contributed by atoms with Gasteiger partial charge in [-0.2, -0.15) is 15.1 Å². The first-order valence-corrected chi connectivity index (χ1v) is 16.2. The average molecular weight is 638 g/mol. The molecule has 0 amide bonds. The molecular formula is C33H35ClF3N7O. The number of hydrogen-bond acceptors (Lipinski definition) is 7. The van der Waals surface area contributed by atoms with E-state index in [1.165, 1.54) is 0 Å². The van der Waals surface area contributed by atoms with Crippen LogP contribution in [0, 0.1) is 11.2 Å². The summed E-state index contributed by atoms with van der Waals surface area (Å²) >= 11 is 6.67. The van der Waals surface area contributed by atoms with Crippen molar-refractivity contribution in [2.75, 3.05) is 37.7 Å². The number of aromatic amines is 1. The first-order valence-electron chi connectivity index (χ1n) is 15.8. The molecule has 45 heavy (non-hydrogen) atoms. The van der Waals surface area contributed by atoms with Gasteiger partial charge in [-0.3, -0.25) is 15.0 Å². The Morgan fingerprint density at radius 1 is 1.09 bits per heavy atom. The summed E-state index contributed by atoms with van der Waals surface area (Å²) in [4.78, 5) is 18.4. The van der Waals surface area contributed by atoms with Gasteiger partial charge in [0.25, 0.3) is 0 Å². The van der Waals surface area contributed by atoms with Gasteiger partial charge in [-0.15, -0.1) is 0 Å². The van der Waals surface area contributed by atoms with E-state index in [9.17, 15) is 8.78 Å². The lowest BCUT2D eigenvalue weighted by atomic mass is 9.63. The third-order valence-electron chi connectivity index (χ3n) is 10.5. The van der Waals surface area contributed by atoms with Crippen LogP contribution in [-0.2, 0) is 0 Å². The van der Waals surface area contributed by atoms with Crippen molar-refractivity contribution in [2.24, 2.45) is 5.41 Å². The van der Waals surface area contributed by atoms with Crippen LogP contribution >= 0.6 is 11.6 Å². The summed E-state index contributed by atoms with van der Waals surface area (Å²) in [7, 11) is 0. The maximum Gasteiger partial charge on any atom is 0.319 e. The zero-order valence-corrected chi connectivity index (χ0v) is 25.9. The van der Waals surface area contributed by atoms with E-state index in [2.05, 4.69) is 30.0 Å². The highest BCUT2D eigenvalue weighted by atomic mass is 35.5. The molecule has 3 aromatic heterocycles. The van der Waals surface area contributed by atoms with Crippen LogP contribution in [-0.4, -0.2) is 80.7 Å². The van der Waals surface area contributed by atoms with Crippen LogP contribution in [0.15, 0.2) is 24.5 Å². The minimum Gasteiger partial charge on any atom is -0.461 e. The van der Waals surface area contributed by atoms with Gasteiger partial charge in [-0.25, -0.2) is 13.2 Å². The molecule has 1 aliphatic carbocycles. The van der Waals surface area contributed by atoms with Crippen LogP contribution in [0.5, 0.6) is 6.01 Å². The molecule has 236 valence electrons. The van der Waals surface area contributed by atoms with Crippen LogP contribution in [0.4, 0.5) is 19.0 Å². The smallest absolute Gasteiger partial charge is 0.319 e. The first-order chi connectivity index (χ1) is 21.8. The maximum atomic E-state index is 16.9. The molecule has 1 spiro atoms. The molecule has 1 N–H and O–H groups in total. The summed E-state index contributed by atoms with van der Waals surface area (Å²) in [5.41, 5.74) is 1.43. The number of benzene rings is 1. The molecule has 3 aliphatic heterocycles. The molecule has 4 fully saturated rings. The topological polar surface area (TPSA) is 83.1 Å². The summed E-state index contributed by atoms with van der Waals surface area (Å²) in [6, 6.07) is 1.81. The number of rotatable bonds is 6. The van der Waals surface area contributed by atoms with Crippen molar-refractivity contribution in [3.05, 3.63) is 40.9 Å². The highest BCUT2D eigenvalue weighted by Gasteiger charge is 2.50. The molecule has 1 aromatic carbocycles. The van der Waals surface area contributed by atoms with E-state index in [0.29, 0.717) is 77.2 Å². The van der Waals surface area contributed by atoms with Crippen molar-refractivity contribution < 1.29 is 17.9 Å². The van der Waals surface area contributed by atoms with Crippen molar-refractivity contribution in [1.29, 1.82) is 0 Å². The second-order valence-electron chi connectivity index (χ2n) is 13.4. The maximum absolute atomic E-state index is 16.9. The van der Waals surface area contributed by atoms with Gasteiger partial charge in [-0.05, 0) is 63.5 Å². The molecule has 3 saturated heterocycles. The van der Waals surface area contributed by atoms with Crippen LogP contribution in [0.25, 0.3) is 39.1 Å². The van der Waals surface area contributed by atoms with Crippen LogP contribution in [0.1, 0.15) is 57.4 Å². The Kier molecular flexibility index (Phi) is 6.98. The van der Waals surface area contributed by atoms with Gasteiger partial charge < -0.3 is 9.64 Å². The number of allylic oxidation sites excluding steroid dienone is 1. The molecule has 4 aromatic rings. The Morgan fingerprint density at radius 3 is 2.76 bits per heavy atom. The van der Waals surface area contributed by atoms with Crippen molar-refractivity contribution >= 4 is 45.3 Å². The van der Waals surface area contributed by atoms with Crippen LogP contribution < -0.4 is 9.64 Å². The number of pyridine rings is 1. The minimum atomic E-state index is -0.900. The Balaban J connectivity index is 1.26. The normalized spacial score (nSPS) is 28.5. The number of halogens is 4. The molecule has 0 bridgehead atoms. The fourth-order valence-electron chi connectivity index (χ4n) is 8.41. The largest absolute Gasteiger partial charge is 0.461 e. The third-order valence-corrected chi connectivity index (χ3v) is 10.8. The van der Waals surface area contributed by atoms with E-state index in [4.69, 9.17) is 21.3 Å². The van der Waals surface area contributed by atoms with E-state index in [1.807, 2.05) is 19.1 Å². The van der Waals surface area contributed by atoms with Gasteiger partial charge in [-0.1, -0.05) is 23.8 Å². The van der Waals surface area contributed by atoms with Crippen LogP contribution in [0.3, 0.4) is 0 Å². The Labute approximate surface area is 264 Å². The number of nitrogens with zero attached hydrogens (tertiary/aromatic N) is 6. The summed E-state index contributed by atoms with van der Waals surface area (Å²) in [5, 5.41) is 8.66. The monoisotopic (exact) mass is 637 g/mol. The number of aromatic nitrogens is 5. The molecule has 12 heteroatoms. The SMILES string of the molecule is C/C=C\c1c(Cl)cc2[nH]ncc2c1-c1ncc2c(N3CCCC4(CC(F)C4)C3)nc(OC[C@@]34CCCN3C[C@H](F)C4)nc2c1F. The van der Waals surface area contributed by atoms with E-state index in [-0.39, 0.29) is 29.2 Å². The number of anilines is 1. The first kappa shape index (κ1) is 29.0. The van der Waals surface area contributed by atoms with Gasteiger partial charge in [0.05, 0.1) is 27.7 Å². The number of ether oxygens (including phenoxy) is 1. The zero-order valence-electron chi connectivity index (χ0n) is 25.1. The fraction of sp³-hybridized carbons (Fsp3) is 0.515. The molecule has 4 aliphatic rings. The molecule has 0 unspecified atom stereocenters.